The lowest BCUT2D eigenvalue weighted by atomic mass is 10.3. The number of hydrogen-bond donors (Lipinski definition) is 2. The molecule has 0 aromatic rings. The normalized spacial score (nSPS) is 16.6. The summed E-state index contributed by atoms with van der Waals surface area (Å²) in [7, 11) is 0. The number of piperazine rings is 1. The predicted molar refractivity (Wildman–Crippen MR) is 57.4 cm³/mol. The Morgan fingerprint density at radius 3 is 3.07 bits per heavy atom. The molecule has 1 rings (SSSR count). The minimum atomic E-state index is -0.0568. The zero-order valence-electron chi connectivity index (χ0n) is 9.21. The summed E-state index contributed by atoms with van der Waals surface area (Å²) in [5.74, 6) is -0.0504. The fourth-order valence-corrected chi connectivity index (χ4v) is 1.45. The molecule has 1 aliphatic rings. The molecule has 1 heterocycles. The molecule has 2 amide bonds. The summed E-state index contributed by atoms with van der Waals surface area (Å²) in [5, 5.41) is 5.77. The molecule has 0 radical (unpaired) electrons. The van der Waals surface area contributed by atoms with Gasteiger partial charge in [-0.25, -0.2) is 0 Å². The predicted octanol–water partition coefficient (Wildman–Crippen LogP) is -0.665. The first kappa shape index (κ1) is 12.0. The maximum absolute atomic E-state index is 11.4. The monoisotopic (exact) mass is 213 g/mol. The molecule has 5 heteroatoms. The first-order valence-corrected chi connectivity index (χ1v) is 5.49. The number of amides is 2. The van der Waals surface area contributed by atoms with E-state index in [1.807, 2.05) is 0 Å². The molecule has 0 atom stereocenters. The third-order valence-electron chi connectivity index (χ3n) is 2.37. The highest BCUT2D eigenvalue weighted by Gasteiger charge is 2.19. The average molecular weight is 213 g/mol. The van der Waals surface area contributed by atoms with Crippen LogP contribution in [0.15, 0.2) is 0 Å². The van der Waals surface area contributed by atoms with E-state index in [1.165, 1.54) is 0 Å². The molecule has 0 bridgehead atoms. The molecule has 1 saturated heterocycles. The van der Waals surface area contributed by atoms with E-state index in [1.54, 1.807) is 4.90 Å². The molecular weight excluding hydrogens is 194 g/mol. The number of nitrogens with zero attached hydrogens (tertiary/aromatic N) is 1. The van der Waals surface area contributed by atoms with Crippen LogP contribution in [-0.4, -0.2) is 49.4 Å². The second-order valence-corrected chi connectivity index (χ2v) is 3.70. The van der Waals surface area contributed by atoms with Crippen LogP contribution in [0.4, 0.5) is 0 Å². The highest BCUT2D eigenvalue weighted by atomic mass is 16.2. The second-order valence-electron chi connectivity index (χ2n) is 3.70. The number of carbonyl (C=O) groups excluding carboxylic acids is 2. The van der Waals surface area contributed by atoms with Crippen molar-refractivity contribution < 1.29 is 9.59 Å². The van der Waals surface area contributed by atoms with Crippen molar-refractivity contribution in [3.8, 4) is 0 Å². The van der Waals surface area contributed by atoms with Crippen molar-refractivity contribution in [2.45, 2.75) is 19.8 Å². The summed E-state index contributed by atoms with van der Waals surface area (Å²) >= 11 is 0. The summed E-state index contributed by atoms with van der Waals surface area (Å²) in [6.07, 6.45) is 2.05. The molecule has 0 aromatic heterocycles. The second kappa shape index (κ2) is 6.40. The van der Waals surface area contributed by atoms with Gasteiger partial charge < -0.3 is 15.5 Å². The van der Waals surface area contributed by atoms with Crippen molar-refractivity contribution in [1.82, 2.24) is 15.5 Å². The number of hydrogen-bond acceptors (Lipinski definition) is 3. The highest BCUT2D eigenvalue weighted by Crippen LogP contribution is 1.93. The smallest absolute Gasteiger partial charge is 0.239 e. The molecular formula is C10H19N3O2. The Balaban J connectivity index is 2.21. The third-order valence-corrected chi connectivity index (χ3v) is 2.37. The molecule has 5 nitrogen and oxygen atoms in total. The minimum absolute atomic E-state index is 0.00638. The lowest BCUT2D eigenvalue weighted by Crippen LogP contribution is -2.51. The molecule has 0 saturated carbocycles. The van der Waals surface area contributed by atoms with Crippen LogP contribution in [0.25, 0.3) is 0 Å². The van der Waals surface area contributed by atoms with Gasteiger partial charge in [-0.2, -0.15) is 0 Å². The first-order chi connectivity index (χ1) is 7.24. The van der Waals surface area contributed by atoms with Gasteiger partial charge in [0.2, 0.25) is 11.8 Å². The van der Waals surface area contributed by atoms with Crippen LogP contribution in [0.1, 0.15) is 19.8 Å². The molecule has 0 spiro atoms. The molecule has 0 unspecified atom stereocenters. The van der Waals surface area contributed by atoms with Crippen LogP contribution in [-0.2, 0) is 9.59 Å². The van der Waals surface area contributed by atoms with Gasteiger partial charge in [-0.1, -0.05) is 13.3 Å². The molecule has 1 fully saturated rings. The van der Waals surface area contributed by atoms with Crippen LogP contribution in [0.3, 0.4) is 0 Å². The van der Waals surface area contributed by atoms with Crippen LogP contribution < -0.4 is 10.6 Å². The van der Waals surface area contributed by atoms with E-state index in [9.17, 15) is 9.59 Å². The maximum atomic E-state index is 11.4. The summed E-state index contributed by atoms with van der Waals surface area (Å²) in [6, 6.07) is 0. The Morgan fingerprint density at radius 1 is 1.60 bits per heavy atom. The van der Waals surface area contributed by atoms with Gasteiger partial charge in [0, 0.05) is 19.6 Å². The number of rotatable bonds is 5. The number of unbranched alkanes of at least 4 members (excludes halogenated alkanes) is 1. The maximum Gasteiger partial charge on any atom is 0.239 e. The van der Waals surface area contributed by atoms with Gasteiger partial charge in [0.1, 0.15) is 0 Å². The van der Waals surface area contributed by atoms with Crippen LogP contribution >= 0.6 is 0 Å². The van der Waals surface area contributed by atoms with Crippen molar-refractivity contribution in [1.29, 1.82) is 0 Å². The van der Waals surface area contributed by atoms with Gasteiger partial charge in [0.25, 0.3) is 0 Å². The minimum Gasteiger partial charge on any atom is -0.355 e. The van der Waals surface area contributed by atoms with Crippen LogP contribution in [0.2, 0.25) is 0 Å². The Hall–Kier alpha value is -1.10. The standard InChI is InChI=1S/C10H19N3O2/c1-2-3-4-12-9(14)8-13-6-5-11-7-10(13)15/h11H,2-8H2,1H3,(H,12,14). The Labute approximate surface area is 90.2 Å². The fourth-order valence-electron chi connectivity index (χ4n) is 1.45. The van der Waals surface area contributed by atoms with Gasteiger partial charge in [0.05, 0.1) is 13.1 Å². The number of nitrogens with one attached hydrogen (secondary N) is 2. The van der Waals surface area contributed by atoms with Crippen molar-refractivity contribution >= 4 is 11.8 Å². The van der Waals surface area contributed by atoms with E-state index in [-0.39, 0.29) is 18.4 Å². The lowest BCUT2D eigenvalue weighted by molar-refractivity contribution is -0.136. The van der Waals surface area contributed by atoms with Gasteiger partial charge in [-0.15, -0.1) is 0 Å². The van der Waals surface area contributed by atoms with Crippen molar-refractivity contribution in [2.75, 3.05) is 32.7 Å². The first-order valence-electron chi connectivity index (χ1n) is 5.49. The van der Waals surface area contributed by atoms with Gasteiger partial charge >= 0.3 is 0 Å². The molecule has 15 heavy (non-hydrogen) atoms. The molecule has 0 aromatic carbocycles. The summed E-state index contributed by atoms with van der Waals surface area (Å²) in [5.41, 5.74) is 0. The van der Waals surface area contributed by atoms with E-state index < -0.39 is 0 Å². The quantitative estimate of drug-likeness (QED) is 0.596. The van der Waals surface area contributed by atoms with Gasteiger partial charge in [-0.3, -0.25) is 9.59 Å². The Bertz CT molecular complexity index is 231. The summed E-state index contributed by atoms with van der Waals surface area (Å²) < 4.78 is 0. The van der Waals surface area contributed by atoms with Crippen molar-refractivity contribution in [3.05, 3.63) is 0 Å². The van der Waals surface area contributed by atoms with Crippen LogP contribution in [0, 0.1) is 0 Å². The van der Waals surface area contributed by atoms with Gasteiger partial charge in [-0.05, 0) is 6.42 Å². The fraction of sp³-hybridized carbons (Fsp3) is 0.800. The average Bonchev–Trinajstić information content (AvgIpc) is 2.22. The largest absolute Gasteiger partial charge is 0.355 e. The topological polar surface area (TPSA) is 61.4 Å². The zero-order valence-corrected chi connectivity index (χ0v) is 9.21. The highest BCUT2D eigenvalue weighted by molar-refractivity contribution is 5.86. The van der Waals surface area contributed by atoms with Crippen molar-refractivity contribution in [2.24, 2.45) is 0 Å². The summed E-state index contributed by atoms with van der Waals surface area (Å²) in [4.78, 5) is 24.3. The van der Waals surface area contributed by atoms with Crippen LogP contribution in [0.5, 0.6) is 0 Å². The van der Waals surface area contributed by atoms with E-state index in [0.717, 1.165) is 19.4 Å². The Morgan fingerprint density at radius 2 is 2.40 bits per heavy atom. The summed E-state index contributed by atoms with van der Waals surface area (Å²) in [6.45, 7) is 4.72. The SMILES string of the molecule is CCCCNC(=O)CN1CCNCC1=O. The van der Waals surface area contributed by atoms with E-state index in [4.69, 9.17) is 0 Å². The van der Waals surface area contributed by atoms with E-state index in [2.05, 4.69) is 17.6 Å². The van der Waals surface area contributed by atoms with E-state index >= 15 is 0 Å². The van der Waals surface area contributed by atoms with Crippen molar-refractivity contribution in [3.63, 3.8) is 0 Å². The molecule has 1 aliphatic heterocycles. The molecule has 2 N–H and O–H groups in total. The third kappa shape index (κ3) is 4.29. The van der Waals surface area contributed by atoms with Gasteiger partial charge in [0.15, 0.2) is 0 Å². The number of carbonyl (C=O) groups is 2. The molecule has 86 valence electrons. The lowest BCUT2D eigenvalue weighted by Gasteiger charge is -2.26. The zero-order chi connectivity index (χ0) is 11.1. The Kier molecular flexibility index (Phi) is 5.10. The molecule has 0 aliphatic carbocycles. The van der Waals surface area contributed by atoms with E-state index in [0.29, 0.717) is 19.6 Å².